The highest BCUT2D eigenvalue weighted by Gasteiger charge is 2.52. The molecule has 1 heterocycles. The van der Waals surface area contributed by atoms with Crippen LogP contribution in [0, 0.1) is 17.8 Å². The highest BCUT2D eigenvalue weighted by molar-refractivity contribution is 7.09. The average Bonchev–Trinajstić information content (AvgIpc) is 2.87. The Bertz CT molecular complexity index is 444. The topological polar surface area (TPSA) is 24.9 Å². The summed E-state index contributed by atoms with van der Waals surface area (Å²) >= 11 is 1.88. The van der Waals surface area contributed by atoms with Crippen LogP contribution in [0.15, 0.2) is 5.38 Å². The van der Waals surface area contributed by atoms with E-state index >= 15 is 0 Å². The summed E-state index contributed by atoms with van der Waals surface area (Å²) in [4.78, 5) is 5.03. The Morgan fingerprint density at radius 3 is 2.45 bits per heavy atom. The van der Waals surface area contributed by atoms with Crippen molar-refractivity contribution in [3.8, 4) is 0 Å². The zero-order chi connectivity index (χ0) is 13.6. The number of nitrogens with zero attached hydrogens (tertiary/aromatic N) is 1. The molecule has 1 aromatic rings. The summed E-state index contributed by atoms with van der Waals surface area (Å²) in [5, 5.41) is 7.17. The number of thiazole rings is 1. The second-order valence-electron chi connectivity index (χ2n) is 7.50. The van der Waals surface area contributed by atoms with Crippen LogP contribution < -0.4 is 5.32 Å². The third-order valence-corrected chi connectivity index (χ3v) is 6.69. The van der Waals surface area contributed by atoms with Crippen LogP contribution in [0.2, 0.25) is 0 Å². The van der Waals surface area contributed by atoms with Gasteiger partial charge in [0.15, 0.2) is 0 Å². The van der Waals surface area contributed by atoms with Gasteiger partial charge in [0.25, 0.3) is 0 Å². The highest BCUT2D eigenvalue weighted by Crippen LogP contribution is 2.60. The van der Waals surface area contributed by atoms with E-state index in [1.54, 1.807) is 0 Å². The quantitative estimate of drug-likeness (QED) is 0.825. The van der Waals surface area contributed by atoms with E-state index < -0.39 is 0 Å². The number of rotatable bonds is 5. The molecule has 1 aromatic heterocycles. The first-order chi connectivity index (χ1) is 9.77. The van der Waals surface area contributed by atoms with Crippen molar-refractivity contribution >= 4 is 11.3 Å². The summed E-state index contributed by atoms with van der Waals surface area (Å²) in [7, 11) is 0. The molecule has 2 nitrogen and oxygen atoms in total. The third kappa shape index (κ3) is 2.23. The van der Waals surface area contributed by atoms with Gasteiger partial charge in [0.05, 0.1) is 5.69 Å². The van der Waals surface area contributed by atoms with Gasteiger partial charge in [0.2, 0.25) is 0 Å². The van der Waals surface area contributed by atoms with Crippen molar-refractivity contribution in [3.63, 3.8) is 0 Å². The molecule has 3 heteroatoms. The minimum Gasteiger partial charge on any atom is -0.310 e. The lowest BCUT2D eigenvalue weighted by Gasteiger charge is -2.56. The lowest BCUT2D eigenvalue weighted by molar-refractivity contribution is -0.00698. The minimum absolute atomic E-state index is 0.480. The van der Waals surface area contributed by atoms with Gasteiger partial charge in [-0.1, -0.05) is 6.92 Å². The van der Waals surface area contributed by atoms with Crippen molar-refractivity contribution in [2.24, 2.45) is 17.8 Å². The molecule has 0 unspecified atom stereocenters. The molecule has 0 amide bonds. The Labute approximate surface area is 126 Å². The fraction of sp³-hybridized carbons (Fsp3) is 0.824. The molecule has 0 atom stereocenters. The van der Waals surface area contributed by atoms with Crippen LogP contribution in [-0.4, -0.2) is 11.5 Å². The second-order valence-corrected chi connectivity index (χ2v) is 8.44. The van der Waals surface area contributed by atoms with Crippen LogP contribution >= 0.6 is 11.3 Å². The van der Waals surface area contributed by atoms with Crippen molar-refractivity contribution in [3.05, 3.63) is 16.1 Å². The van der Waals surface area contributed by atoms with Gasteiger partial charge in [-0.05, 0) is 69.2 Å². The molecule has 4 aliphatic rings. The van der Waals surface area contributed by atoms with Gasteiger partial charge in [-0.15, -0.1) is 11.3 Å². The third-order valence-electron chi connectivity index (χ3n) is 5.84. The highest BCUT2D eigenvalue weighted by atomic mass is 32.1. The molecule has 0 saturated heterocycles. The summed E-state index contributed by atoms with van der Waals surface area (Å²) in [6.45, 7) is 4.28. The molecule has 4 bridgehead atoms. The standard InChI is InChI=1S/C17H26N2S/c1-2-3-18-10-16-19-15(11-20-16)17-7-12-4-13(8-17)6-14(5-12)9-17/h11-14,18H,2-10H2,1H3. The van der Waals surface area contributed by atoms with Crippen molar-refractivity contribution in [1.82, 2.24) is 10.3 Å². The molecule has 20 heavy (non-hydrogen) atoms. The van der Waals surface area contributed by atoms with E-state index in [2.05, 4.69) is 17.6 Å². The van der Waals surface area contributed by atoms with E-state index in [-0.39, 0.29) is 0 Å². The molecule has 1 N–H and O–H groups in total. The molecule has 5 rings (SSSR count). The fourth-order valence-electron chi connectivity index (χ4n) is 5.43. The summed E-state index contributed by atoms with van der Waals surface area (Å²) in [6, 6.07) is 0. The smallest absolute Gasteiger partial charge is 0.107 e. The Kier molecular flexibility index (Phi) is 3.38. The van der Waals surface area contributed by atoms with Gasteiger partial charge in [-0.2, -0.15) is 0 Å². The van der Waals surface area contributed by atoms with Gasteiger partial charge in [0.1, 0.15) is 5.01 Å². The molecule has 4 saturated carbocycles. The van der Waals surface area contributed by atoms with E-state index in [1.165, 1.54) is 55.6 Å². The summed E-state index contributed by atoms with van der Waals surface area (Å²) in [6.07, 6.45) is 10.1. The monoisotopic (exact) mass is 290 g/mol. The Balaban J connectivity index is 1.52. The summed E-state index contributed by atoms with van der Waals surface area (Å²) < 4.78 is 0. The zero-order valence-electron chi connectivity index (χ0n) is 12.5. The SMILES string of the molecule is CCCNCc1nc(C23CC4CC(CC(C4)C2)C3)cs1. The van der Waals surface area contributed by atoms with Crippen LogP contribution in [0.25, 0.3) is 0 Å². The molecule has 110 valence electrons. The van der Waals surface area contributed by atoms with E-state index in [0.717, 1.165) is 30.8 Å². The average molecular weight is 290 g/mol. The Hall–Kier alpha value is -0.410. The van der Waals surface area contributed by atoms with Crippen LogP contribution in [-0.2, 0) is 12.0 Å². The summed E-state index contributed by atoms with van der Waals surface area (Å²) in [5.74, 6) is 3.05. The van der Waals surface area contributed by atoms with Crippen molar-refractivity contribution in [2.45, 2.75) is 63.8 Å². The first-order valence-corrected chi connectivity index (χ1v) is 9.31. The van der Waals surface area contributed by atoms with Crippen LogP contribution in [0.4, 0.5) is 0 Å². The Morgan fingerprint density at radius 2 is 1.85 bits per heavy atom. The van der Waals surface area contributed by atoms with E-state index in [1.807, 2.05) is 11.3 Å². The van der Waals surface area contributed by atoms with Gasteiger partial charge < -0.3 is 5.32 Å². The largest absolute Gasteiger partial charge is 0.310 e. The molecule has 0 radical (unpaired) electrons. The fourth-order valence-corrected chi connectivity index (χ4v) is 6.32. The van der Waals surface area contributed by atoms with Crippen LogP contribution in [0.5, 0.6) is 0 Å². The van der Waals surface area contributed by atoms with Crippen molar-refractivity contribution in [1.29, 1.82) is 0 Å². The Morgan fingerprint density at radius 1 is 1.20 bits per heavy atom. The first kappa shape index (κ1) is 13.3. The van der Waals surface area contributed by atoms with E-state index in [0.29, 0.717) is 5.41 Å². The number of aromatic nitrogens is 1. The van der Waals surface area contributed by atoms with Crippen LogP contribution in [0.1, 0.15) is 62.6 Å². The normalized spacial score (nSPS) is 38.5. The molecule has 4 fully saturated rings. The maximum absolute atomic E-state index is 5.03. The molecule has 0 aromatic carbocycles. The van der Waals surface area contributed by atoms with Crippen molar-refractivity contribution < 1.29 is 0 Å². The van der Waals surface area contributed by atoms with Gasteiger partial charge in [0, 0.05) is 17.3 Å². The maximum atomic E-state index is 5.03. The lowest BCUT2D eigenvalue weighted by atomic mass is 9.49. The maximum Gasteiger partial charge on any atom is 0.107 e. The molecular formula is C17H26N2S. The lowest BCUT2D eigenvalue weighted by Crippen LogP contribution is -2.48. The summed E-state index contributed by atoms with van der Waals surface area (Å²) in [5.41, 5.74) is 1.93. The van der Waals surface area contributed by atoms with Gasteiger partial charge in [-0.25, -0.2) is 4.98 Å². The molecule has 4 aliphatic carbocycles. The van der Waals surface area contributed by atoms with E-state index in [4.69, 9.17) is 4.98 Å². The predicted octanol–water partition coefficient (Wildman–Crippen LogP) is 4.11. The van der Waals surface area contributed by atoms with Crippen molar-refractivity contribution in [2.75, 3.05) is 6.54 Å². The number of nitrogens with one attached hydrogen (secondary N) is 1. The number of hydrogen-bond donors (Lipinski definition) is 1. The molecule has 0 spiro atoms. The second kappa shape index (κ2) is 5.10. The van der Waals surface area contributed by atoms with Gasteiger partial charge >= 0.3 is 0 Å². The van der Waals surface area contributed by atoms with E-state index in [9.17, 15) is 0 Å². The zero-order valence-corrected chi connectivity index (χ0v) is 13.3. The van der Waals surface area contributed by atoms with Crippen LogP contribution in [0.3, 0.4) is 0 Å². The number of hydrogen-bond acceptors (Lipinski definition) is 3. The first-order valence-electron chi connectivity index (χ1n) is 8.43. The minimum atomic E-state index is 0.480. The van der Waals surface area contributed by atoms with Gasteiger partial charge in [-0.3, -0.25) is 0 Å². The predicted molar refractivity (Wildman–Crippen MR) is 84.0 cm³/mol. The molecular weight excluding hydrogens is 264 g/mol. The molecule has 0 aliphatic heterocycles.